The van der Waals surface area contributed by atoms with Gasteiger partial charge in [-0.2, -0.15) is 5.10 Å². The molecule has 0 saturated carbocycles. The van der Waals surface area contributed by atoms with Gasteiger partial charge in [0.2, 0.25) is 0 Å². The van der Waals surface area contributed by atoms with Crippen LogP contribution in [0.15, 0.2) is 72.1 Å². The number of benzene rings is 2. The van der Waals surface area contributed by atoms with Crippen LogP contribution in [0.4, 0.5) is 0 Å². The molecule has 2 aromatic carbocycles. The van der Waals surface area contributed by atoms with Gasteiger partial charge >= 0.3 is 0 Å². The average molecular weight is 344 g/mol. The molecule has 0 radical (unpaired) electrons. The lowest BCUT2D eigenvalue weighted by Gasteiger charge is -2.34. The van der Waals surface area contributed by atoms with Crippen molar-refractivity contribution in [2.45, 2.75) is 29.5 Å². The number of rotatable bonds is 5. The molecule has 0 N–H and O–H groups in total. The van der Waals surface area contributed by atoms with E-state index in [9.17, 15) is 0 Å². The molecule has 118 valence electrons. The molecular formula is C18H18ClN3S. The third-order valence-electron chi connectivity index (χ3n) is 3.89. The van der Waals surface area contributed by atoms with E-state index in [1.807, 2.05) is 35.0 Å². The summed E-state index contributed by atoms with van der Waals surface area (Å²) in [4.78, 5) is 5.16. The summed E-state index contributed by atoms with van der Waals surface area (Å²) in [5, 5.41) is 5.17. The molecule has 1 atom stereocenters. The normalized spacial score (nSPS) is 13.0. The average Bonchev–Trinajstić information content (AvgIpc) is 3.09. The summed E-state index contributed by atoms with van der Waals surface area (Å²) in [5.41, 5.74) is 1.10. The second-order valence-corrected chi connectivity index (χ2v) is 7.39. The predicted octanol–water partition coefficient (Wildman–Crippen LogP) is 5.20. The van der Waals surface area contributed by atoms with Crippen molar-refractivity contribution in [1.82, 2.24) is 14.8 Å². The standard InChI is InChI=1S/C18H18ClN3S/c1-18(2,14-8-4-3-5-9-14)17(22-13-20-12-21-22)23-16-11-7-6-10-15(16)19/h3-13,17H,1-2H3. The molecule has 1 heterocycles. The molecule has 0 aliphatic rings. The zero-order valence-corrected chi connectivity index (χ0v) is 14.6. The van der Waals surface area contributed by atoms with Gasteiger partial charge in [0.15, 0.2) is 0 Å². The molecule has 23 heavy (non-hydrogen) atoms. The van der Waals surface area contributed by atoms with Gasteiger partial charge in [0.1, 0.15) is 18.0 Å². The molecule has 0 amide bonds. The number of aromatic nitrogens is 3. The Morgan fingerprint density at radius 2 is 1.74 bits per heavy atom. The summed E-state index contributed by atoms with van der Waals surface area (Å²) in [6.45, 7) is 4.44. The van der Waals surface area contributed by atoms with Gasteiger partial charge in [-0.25, -0.2) is 9.67 Å². The number of hydrogen-bond donors (Lipinski definition) is 0. The molecule has 1 unspecified atom stereocenters. The maximum Gasteiger partial charge on any atom is 0.137 e. The third kappa shape index (κ3) is 3.43. The minimum absolute atomic E-state index is 0.0345. The van der Waals surface area contributed by atoms with Crippen LogP contribution in [-0.4, -0.2) is 14.8 Å². The minimum atomic E-state index is -0.154. The highest BCUT2D eigenvalue weighted by Gasteiger charge is 2.34. The lowest BCUT2D eigenvalue weighted by molar-refractivity contribution is 0.394. The first-order valence-corrected chi connectivity index (χ1v) is 8.65. The molecule has 0 spiro atoms. The van der Waals surface area contributed by atoms with E-state index in [0.29, 0.717) is 0 Å². The summed E-state index contributed by atoms with van der Waals surface area (Å²) in [6.07, 6.45) is 3.33. The summed E-state index contributed by atoms with van der Waals surface area (Å²) in [5.74, 6) is 0. The van der Waals surface area contributed by atoms with E-state index in [2.05, 4.69) is 48.2 Å². The Bertz CT molecular complexity index is 757. The lowest BCUT2D eigenvalue weighted by Crippen LogP contribution is -2.29. The zero-order valence-electron chi connectivity index (χ0n) is 13.1. The third-order valence-corrected chi connectivity index (χ3v) is 5.97. The maximum atomic E-state index is 6.36. The van der Waals surface area contributed by atoms with E-state index >= 15 is 0 Å². The van der Waals surface area contributed by atoms with Gasteiger partial charge in [-0.3, -0.25) is 0 Å². The molecule has 0 bridgehead atoms. The van der Waals surface area contributed by atoms with E-state index < -0.39 is 0 Å². The number of thioether (sulfide) groups is 1. The Hall–Kier alpha value is -1.78. The van der Waals surface area contributed by atoms with Crippen LogP contribution in [0.25, 0.3) is 0 Å². The first kappa shape index (κ1) is 16.1. The van der Waals surface area contributed by atoms with Crippen molar-refractivity contribution in [3.63, 3.8) is 0 Å². The van der Waals surface area contributed by atoms with Gasteiger partial charge in [0, 0.05) is 10.3 Å². The fourth-order valence-corrected chi connectivity index (χ4v) is 4.04. The monoisotopic (exact) mass is 343 g/mol. The lowest BCUT2D eigenvalue weighted by atomic mass is 9.84. The van der Waals surface area contributed by atoms with Crippen molar-refractivity contribution in [3.05, 3.63) is 77.8 Å². The van der Waals surface area contributed by atoms with Gasteiger partial charge < -0.3 is 0 Å². The van der Waals surface area contributed by atoms with E-state index in [1.165, 1.54) is 5.56 Å². The molecule has 1 aromatic heterocycles. The molecule has 3 aromatic rings. The summed E-state index contributed by atoms with van der Waals surface area (Å²) in [6, 6.07) is 18.4. The molecular weight excluding hydrogens is 326 g/mol. The van der Waals surface area contributed by atoms with Crippen molar-refractivity contribution >= 4 is 23.4 Å². The highest BCUT2D eigenvalue weighted by atomic mass is 35.5. The van der Waals surface area contributed by atoms with Crippen LogP contribution in [0, 0.1) is 0 Å². The second kappa shape index (κ2) is 6.77. The number of nitrogens with zero attached hydrogens (tertiary/aromatic N) is 3. The summed E-state index contributed by atoms with van der Waals surface area (Å²) >= 11 is 8.06. The fourth-order valence-electron chi connectivity index (χ4n) is 2.54. The van der Waals surface area contributed by atoms with Crippen LogP contribution in [0.2, 0.25) is 5.02 Å². The topological polar surface area (TPSA) is 30.7 Å². The minimum Gasteiger partial charge on any atom is -0.239 e. The Balaban J connectivity index is 2.01. The summed E-state index contributed by atoms with van der Waals surface area (Å²) < 4.78 is 1.90. The van der Waals surface area contributed by atoms with Crippen LogP contribution in [-0.2, 0) is 5.41 Å². The van der Waals surface area contributed by atoms with Crippen LogP contribution in [0.3, 0.4) is 0 Å². The molecule has 3 nitrogen and oxygen atoms in total. The largest absolute Gasteiger partial charge is 0.239 e. The first-order valence-electron chi connectivity index (χ1n) is 7.40. The first-order chi connectivity index (χ1) is 11.1. The van der Waals surface area contributed by atoms with E-state index in [0.717, 1.165) is 9.92 Å². The van der Waals surface area contributed by atoms with Crippen molar-refractivity contribution in [1.29, 1.82) is 0 Å². The van der Waals surface area contributed by atoms with Crippen LogP contribution < -0.4 is 0 Å². The Kier molecular flexibility index (Phi) is 4.74. The highest BCUT2D eigenvalue weighted by molar-refractivity contribution is 7.99. The number of hydrogen-bond acceptors (Lipinski definition) is 3. The van der Waals surface area contributed by atoms with Crippen LogP contribution >= 0.6 is 23.4 Å². The van der Waals surface area contributed by atoms with Crippen molar-refractivity contribution in [3.8, 4) is 0 Å². The second-order valence-electron chi connectivity index (χ2n) is 5.86. The van der Waals surface area contributed by atoms with E-state index in [4.69, 9.17) is 11.6 Å². The Morgan fingerprint density at radius 3 is 2.39 bits per heavy atom. The van der Waals surface area contributed by atoms with Crippen LogP contribution in [0.5, 0.6) is 0 Å². The smallest absolute Gasteiger partial charge is 0.137 e. The molecule has 0 aliphatic carbocycles. The van der Waals surface area contributed by atoms with E-state index in [-0.39, 0.29) is 10.8 Å². The number of halogens is 1. The van der Waals surface area contributed by atoms with Crippen molar-refractivity contribution in [2.75, 3.05) is 0 Å². The summed E-state index contributed by atoms with van der Waals surface area (Å²) in [7, 11) is 0. The Labute approximate surface area is 145 Å². The van der Waals surface area contributed by atoms with Gasteiger partial charge in [0.25, 0.3) is 0 Å². The van der Waals surface area contributed by atoms with Gasteiger partial charge in [-0.05, 0) is 17.7 Å². The molecule has 0 aliphatic heterocycles. The van der Waals surface area contributed by atoms with Gasteiger partial charge in [0.05, 0.1) is 5.02 Å². The van der Waals surface area contributed by atoms with Crippen LogP contribution in [0.1, 0.15) is 24.8 Å². The Morgan fingerprint density at radius 1 is 1.04 bits per heavy atom. The van der Waals surface area contributed by atoms with Crippen molar-refractivity contribution < 1.29 is 0 Å². The molecule has 3 rings (SSSR count). The van der Waals surface area contributed by atoms with Crippen molar-refractivity contribution in [2.24, 2.45) is 0 Å². The van der Waals surface area contributed by atoms with Gasteiger partial charge in [-0.1, -0.05) is 79.7 Å². The molecule has 5 heteroatoms. The zero-order chi connectivity index (χ0) is 16.3. The fraction of sp³-hybridized carbons (Fsp3) is 0.222. The maximum absolute atomic E-state index is 6.36. The van der Waals surface area contributed by atoms with Gasteiger partial charge in [-0.15, -0.1) is 0 Å². The molecule has 0 saturated heterocycles. The molecule has 0 fully saturated rings. The SMILES string of the molecule is CC(C)(c1ccccc1)C(Sc1ccccc1Cl)n1cncn1. The quantitative estimate of drug-likeness (QED) is 0.596. The highest BCUT2D eigenvalue weighted by Crippen LogP contribution is 2.46. The van der Waals surface area contributed by atoms with E-state index in [1.54, 1.807) is 24.4 Å². The predicted molar refractivity (Wildman–Crippen MR) is 95.8 cm³/mol.